The van der Waals surface area contributed by atoms with Crippen molar-refractivity contribution in [2.75, 3.05) is 7.05 Å². The van der Waals surface area contributed by atoms with E-state index >= 15 is 0 Å². The van der Waals surface area contributed by atoms with Crippen LogP contribution in [-0.2, 0) is 0 Å². The molecule has 1 saturated heterocycles. The molecule has 0 aromatic heterocycles. The second kappa shape index (κ2) is 3.82. The zero-order valence-corrected chi connectivity index (χ0v) is 9.61. The molecule has 2 aliphatic rings. The second-order valence-corrected chi connectivity index (χ2v) is 5.47. The van der Waals surface area contributed by atoms with Crippen LogP contribution in [0.1, 0.15) is 39.5 Å². The second-order valence-electron chi connectivity index (χ2n) is 5.47. The van der Waals surface area contributed by atoms with Crippen molar-refractivity contribution in [3.8, 4) is 0 Å². The third-order valence-corrected chi connectivity index (χ3v) is 4.43. The summed E-state index contributed by atoms with van der Waals surface area (Å²) in [4.78, 5) is 2.49. The van der Waals surface area contributed by atoms with E-state index in [0.29, 0.717) is 18.0 Å². The first-order valence-electron chi connectivity index (χ1n) is 5.99. The number of likely N-dealkylation sites (tertiary alicyclic amines) is 1. The fourth-order valence-electron chi connectivity index (χ4n) is 3.31. The SMILES string of the molecule is CC1CCC2C(O)CC(C)N(C)C2C1. The van der Waals surface area contributed by atoms with Gasteiger partial charge in [-0.25, -0.2) is 0 Å². The zero-order valence-electron chi connectivity index (χ0n) is 9.61. The summed E-state index contributed by atoms with van der Waals surface area (Å²) >= 11 is 0. The molecule has 5 unspecified atom stereocenters. The van der Waals surface area contributed by atoms with Crippen molar-refractivity contribution in [2.45, 2.75) is 57.7 Å². The highest BCUT2D eigenvalue weighted by atomic mass is 16.3. The van der Waals surface area contributed by atoms with E-state index in [4.69, 9.17) is 0 Å². The van der Waals surface area contributed by atoms with Crippen LogP contribution in [0.4, 0.5) is 0 Å². The molecule has 82 valence electrons. The summed E-state index contributed by atoms with van der Waals surface area (Å²) in [6.07, 6.45) is 4.73. The summed E-state index contributed by atoms with van der Waals surface area (Å²) in [5, 5.41) is 10.1. The Morgan fingerprint density at radius 1 is 1.14 bits per heavy atom. The van der Waals surface area contributed by atoms with E-state index in [-0.39, 0.29) is 6.10 Å². The Balaban J connectivity index is 2.11. The van der Waals surface area contributed by atoms with E-state index in [1.54, 1.807) is 0 Å². The van der Waals surface area contributed by atoms with Crippen molar-refractivity contribution in [3.63, 3.8) is 0 Å². The average Bonchev–Trinajstić information content (AvgIpc) is 2.14. The molecule has 0 radical (unpaired) electrons. The molecule has 0 bridgehead atoms. The minimum absolute atomic E-state index is 0.0429. The van der Waals surface area contributed by atoms with E-state index in [0.717, 1.165) is 12.3 Å². The van der Waals surface area contributed by atoms with Crippen molar-refractivity contribution < 1.29 is 5.11 Å². The molecule has 1 aliphatic heterocycles. The normalized spacial score (nSPS) is 50.1. The van der Waals surface area contributed by atoms with Gasteiger partial charge in [0, 0.05) is 18.0 Å². The lowest BCUT2D eigenvalue weighted by molar-refractivity contribution is -0.0586. The summed E-state index contributed by atoms with van der Waals surface area (Å²) in [5.41, 5.74) is 0. The van der Waals surface area contributed by atoms with Crippen LogP contribution in [0.5, 0.6) is 0 Å². The lowest BCUT2D eigenvalue weighted by Crippen LogP contribution is -2.55. The lowest BCUT2D eigenvalue weighted by Gasteiger charge is -2.49. The first kappa shape index (κ1) is 10.4. The van der Waals surface area contributed by atoms with Gasteiger partial charge in [0.2, 0.25) is 0 Å². The standard InChI is InChI=1S/C12H23NO/c1-8-4-5-10-11(6-8)13(3)9(2)7-12(10)14/h8-12,14H,4-7H2,1-3H3. The molecule has 2 fully saturated rings. The van der Waals surface area contributed by atoms with Crippen LogP contribution in [0.3, 0.4) is 0 Å². The molecule has 0 aromatic carbocycles. The smallest absolute Gasteiger partial charge is 0.0598 e. The van der Waals surface area contributed by atoms with E-state index in [1.165, 1.54) is 19.3 Å². The van der Waals surface area contributed by atoms with Gasteiger partial charge in [0.05, 0.1) is 6.10 Å². The Labute approximate surface area is 87.3 Å². The minimum Gasteiger partial charge on any atom is -0.393 e. The number of hydrogen-bond acceptors (Lipinski definition) is 2. The van der Waals surface area contributed by atoms with Gasteiger partial charge < -0.3 is 10.0 Å². The minimum atomic E-state index is -0.0429. The number of hydrogen-bond donors (Lipinski definition) is 1. The van der Waals surface area contributed by atoms with Gasteiger partial charge in [0.25, 0.3) is 0 Å². The summed E-state index contributed by atoms with van der Waals surface area (Å²) in [6, 6.07) is 1.19. The van der Waals surface area contributed by atoms with Gasteiger partial charge in [-0.15, -0.1) is 0 Å². The maximum Gasteiger partial charge on any atom is 0.0598 e. The number of aliphatic hydroxyl groups is 1. The monoisotopic (exact) mass is 197 g/mol. The van der Waals surface area contributed by atoms with Crippen molar-refractivity contribution in [3.05, 3.63) is 0 Å². The molecule has 1 N–H and O–H groups in total. The third-order valence-electron chi connectivity index (χ3n) is 4.43. The van der Waals surface area contributed by atoms with Crippen LogP contribution >= 0.6 is 0 Å². The Morgan fingerprint density at radius 2 is 1.86 bits per heavy atom. The lowest BCUT2D eigenvalue weighted by atomic mass is 9.72. The molecular weight excluding hydrogens is 174 g/mol. The van der Waals surface area contributed by atoms with Crippen molar-refractivity contribution in [2.24, 2.45) is 11.8 Å². The number of rotatable bonds is 0. The van der Waals surface area contributed by atoms with E-state index in [2.05, 4.69) is 25.8 Å². The van der Waals surface area contributed by atoms with Gasteiger partial charge in [-0.1, -0.05) is 13.3 Å². The summed E-state index contributed by atoms with van der Waals surface area (Å²) in [5.74, 6) is 1.39. The van der Waals surface area contributed by atoms with Gasteiger partial charge in [0.15, 0.2) is 0 Å². The molecular formula is C12H23NO. The molecule has 14 heavy (non-hydrogen) atoms. The largest absolute Gasteiger partial charge is 0.393 e. The first-order valence-corrected chi connectivity index (χ1v) is 5.99. The van der Waals surface area contributed by atoms with Crippen LogP contribution < -0.4 is 0 Å². The Bertz CT molecular complexity index is 206. The molecule has 5 atom stereocenters. The number of nitrogens with zero attached hydrogens (tertiary/aromatic N) is 1. The maximum atomic E-state index is 10.1. The zero-order chi connectivity index (χ0) is 10.3. The molecule has 1 saturated carbocycles. The number of aliphatic hydroxyl groups excluding tert-OH is 1. The quantitative estimate of drug-likeness (QED) is 0.641. The van der Waals surface area contributed by atoms with Crippen LogP contribution in [-0.4, -0.2) is 35.2 Å². The first-order chi connectivity index (χ1) is 6.59. The Kier molecular flexibility index (Phi) is 2.85. The fourth-order valence-corrected chi connectivity index (χ4v) is 3.31. The van der Waals surface area contributed by atoms with Gasteiger partial charge in [-0.3, -0.25) is 0 Å². The summed E-state index contributed by atoms with van der Waals surface area (Å²) in [6.45, 7) is 4.58. The molecule has 2 rings (SSSR count). The summed E-state index contributed by atoms with van der Waals surface area (Å²) in [7, 11) is 2.23. The Hall–Kier alpha value is -0.0800. The fraction of sp³-hybridized carbons (Fsp3) is 1.00. The van der Waals surface area contributed by atoms with Crippen LogP contribution in [0.25, 0.3) is 0 Å². The van der Waals surface area contributed by atoms with E-state index in [1.807, 2.05) is 0 Å². The average molecular weight is 197 g/mol. The highest BCUT2D eigenvalue weighted by Crippen LogP contribution is 2.39. The van der Waals surface area contributed by atoms with Gasteiger partial charge in [-0.2, -0.15) is 0 Å². The van der Waals surface area contributed by atoms with E-state index < -0.39 is 0 Å². The van der Waals surface area contributed by atoms with Crippen LogP contribution in [0.15, 0.2) is 0 Å². The molecule has 2 heteroatoms. The van der Waals surface area contributed by atoms with Crippen molar-refractivity contribution in [1.29, 1.82) is 0 Å². The molecule has 2 nitrogen and oxygen atoms in total. The number of fused-ring (bicyclic) bond motifs is 1. The summed E-state index contributed by atoms with van der Waals surface area (Å²) < 4.78 is 0. The predicted molar refractivity (Wildman–Crippen MR) is 58.1 cm³/mol. The van der Waals surface area contributed by atoms with Gasteiger partial charge >= 0.3 is 0 Å². The molecule has 1 heterocycles. The highest BCUT2D eigenvalue weighted by Gasteiger charge is 2.41. The number of piperidine rings is 1. The molecule has 0 amide bonds. The van der Waals surface area contributed by atoms with Gasteiger partial charge in [0.1, 0.15) is 0 Å². The molecule has 0 aromatic rings. The highest BCUT2D eigenvalue weighted by molar-refractivity contribution is 4.95. The van der Waals surface area contributed by atoms with Gasteiger partial charge in [-0.05, 0) is 39.2 Å². The molecule has 1 aliphatic carbocycles. The van der Waals surface area contributed by atoms with Crippen molar-refractivity contribution in [1.82, 2.24) is 4.90 Å². The van der Waals surface area contributed by atoms with Crippen LogP contribution in [0.2, 0.25) is 0 Å². The molecule has 0 spiro atoms. The van der Waals surface area contributed by atoms with E-state index in [9.17, 15) is 5.11 Å². The third kappa shape index (κ3) is 1.70. The maximum absolute atomic E-state index is 10.1. The van der Waals surface area contributed by atoms with Crippen molar-refractivity contribution >= 4 is 0 Å². The topological polar surface area (TPSA) is 23.5 Å². The predicted octanol–water partition coefficient (Wildman–Crippen LogP) is 1.88. The van der Waals surface area contributed by atoms with Crippen LogP contribution in [0, 0.1) is 11.8 Å². The Morgan fingerprint density at radius 3 is 2.57 bits per heavy atom.